The number of anilines is 2. The summed E-state index contributed by atoms with van der Waals surface area (Å²) in [5.74, 6) is -0.422. The molecule has 0 saturated carbocycles. The molecule has 4 N–H and O–H groups in total. The van der Waals surface area contributed by atoms with E-state index in [4.69, 9.17) is 11.5 Å². The molecule has 1 heterocycles. The maximum absolute atomic E-state index is 12.9. The molecular weight excluding hydrogens is 207 g/mol. The van der Waals surface area contributed by atoms with Gasteiger partial charge in [0.05, 0.1) is 0 Å². The van der Waals surface area contributed by atoms with Gasteiger partial charge in [-0.25, -0.2) is 4.68 Å². The van der Waals surface area contributed by atoms with Crippen molar-refractivity contribution in [2.45, 2.75) is 52.0 Å². The number of hydrogen-bond acceptors (Lipinski definition) is 3. The molecule has 1 aromatic heterocycles. The van der Waals surface area contributed by atoms with Crippen molar-refractivity contribution < 1.29 is 4.39 Å². The van der Waals surface area contributed by atoms with Gasteiger partial charge >= 0.3 is 0 Å². The zero-order valence-electron chi connectivity index (χ0n) is 9.88. The highest BCUT2D eigenvalue weighted by Gasteiger charge is 2.11. The van der Waals surface area contributed by atoms with Crippen LogP contribution in [0.2, 0.25) is 0 Å². The first-order valence-corrected chi connectivity index (χ1v) is 5.94. The van der Waals surface area contributed by atoms with E-state index in [1.165, 1.54) is 30.4 Å². The summed E-state index contributed by atoms with van der Waals surface area (Å²) in [5, 5.41) is 3.64. The van der Waals surface area contributed by atoms with Crippen molar-refractivity contribution in [2.24, 2.45) is 0 Å². The van der Waals surface area contributed by atoms with Crippen LogP contribution in [0, 0.1) is 5.95 Å². The first-order valence-electron chi connectivity index (χ1n) is 5.94. The number of rotatable bonds is 7. The Labute approximate surface area is 95.8 Å². The van der Waals surface area contributed by atoms with E-state index >= 15 is 0 Å². The fraction of sp³-hybridized carbons (Fsp3) is 0.727. The van der Waals surface area contributed by atoms with Gasteiger partial charge in [-0.05, 0) is 6.42 Å². The summed E-state index contributed by atoms with van der Waals surface area (Å²) >= 11 is 0. The van der Waals surface area contributed by atoms with Crippen LogP contribution < -0.4 is 11.5 Å². The Morgan fingerprint density at radius 1 is 1.12 bits per heavy atom. The normalized spacial score (nSPS) is 10.9. The highest BCUT2D eigenvalue weighted by Crippen LogP contribution is 2.18. The molecule has 16 heavy (non-hydrogen) atoms. The second kappa shape index (κ2) is 6.35. The third-order valence-electron chi connectivity index (χ3n) is 2.71. The summed E-state index contributed by atoms with van der Waals surface area (Å²) < 4.78 is 14.4. The lowest BCUT2D eigenvalue weighted by molar-refractivity contribution is 0.495. The molecule has 0 unspecified atom stereocenters. The molecule has 0 amide bonds. The Morgan fingerprint density at radius 2 is 1.75 bits per heavy atom. The van der Waals surface area contributed by atoms with E-state index in [0.29, 0.717) is 6.54 Å². The SMILES string of the molecule is CCCCCCCCn1nc(F)c(N)c1N. The van der Waals surface area contributed by atoms with Crippen molar-refractivity contribution in [2.75, 3.05) is 11.5 Å². The Kier molecular flexibility index (Phi) is 5.08. The minimum absolute atomic E-state index is 0.0361. The predicted octanol–water partition coefficient (Wildman–Crippen LogP) is 2.55. The van der Waals surface area contributed by atoms with Gasteiger partial charge in [0.25, 0.3) is 5.95 Å². The van der Waals surface area contributed by atoms with Crippen molar-refractivity contribution in [3.05, 3.63) is 5.95 Å². The quantitative estimate of drug-likeness (QED) is 0.704. The maximum Gasteiger partial charge on any atom is 0.257 e. The van der Waals surface area contributed by atoms with E-state index in [-0.39, 0.29) is 11.5 Å². The average Bonchev–Trinajstić information content (AvgIpc) is 2.51. The second-order valence-electron chi connectivity index (χ2n) is 4.08. The van der Waals surface area contributed by atoms with Gasteiger partial charge in [0.1, 0.15) is 11.5 Å². The van der Waals surface area contributed by atoms with Crippen LogP contribution in [-0.4, -0.2) is 9.78 Å². The van der Waals surface area contributed by atoms with Crippen molar-refractivity contribution in [1.29, 1.82) is 0 Å². The van der Waals surface area contributed by atoms with Crippen molar-refractivity contribution in [1.82, 2.24) is 9.78 Å². The van der Waals surface area contributed by atoms with Gasteiger partial charge in [-0.2, -0.15) is 4.39 Å². The van der Waals surface area contributed by atoms with Crippen LogP contribution in [-0.2, 0) is 6.54 Å². The summed E-state index contributed by atoms with van der Waals surface area (Å²) in [7, 11) is 0. The molecule has 4 nitrogen and oxygen atoms in total. The number of hydrogen-bond donors (Lipinski definition) is 2. The molecule has 0 fully saturated rings. The number of nitrogen functional groups attached to an aromatic ring is 2. The Balaban J connectivity index is 2.24. The molecule has 0 aliphatic rings. The minimum atomic E-state index is -0.663. The fourth-order valence-corrected chi connectivity index (χ4v) is 1.67. The molecule has 92 valence electrons. The lowest BCUT2D eigenvalue weighted by atomic mass is 10.1. The van der Waals surface area contributed by atoms with Crippen molar-refractivity contribution in [3.8, 4) is 0 Å². The van der Waals surface area contributed by atoms with Crippen LogP contribution in [0.15, 0.2) is 0 Å². The van der Waals surface area contributed by atoms with Gasteiger partial charge in [-0.15, -0.1) is 5.10 Å². The van der Waals surface area contributed by atoms with E-state index in [1.807, 2.05) is 0 Å². The average molecular weight is 228 g/mol. The molecule has 0 radical (unpaired) electrons. The Hall–Kier alpha value is -1.26. The number of aromatic nitrogens is 2. The van der Waals surface area contributed by atoms with Gasteiger partial charge in [-0.1, -0.05) is 39.0 Å². The summed E-state index contributed by atoms with van der Waals surface area (Å²) in [4.78, 5) is 0. The summed E-state index contributed by atoms with van der Waals surface area (Å²) in [5.41, 5.74) is 11.0. The van der Waals surface area contributed by atoms with Gasteiger partial charge in [-0.3, -0.25) is 0 Å². The zero-order chi connectivity index (χ0) is 12.0. The first-order chi connectivity index (χ1) is 7.66. The number of nitrogens with zero attached hydrogens (tertiary/aromatic N) is 2. The van der Waals surface area contributed by atoms with Gasteiger partial charge in [0.2, 0.25) is 0 Å². The van der Waals surface area contributed by atoms with Crippen LogP contribution in [0.1, 0.15) is 45.4 Å². The van der Waals surface area contributed by atoms with E-state index in [0.717, 1.165) is 12.8 Å². The molecule has 0 atom stereocenters. The lowest BCUT2D eigenvalue weighted by Gasteiger charge is -2.03. The molecule has 0 aliphatic heterocycles. The Bertz CT molecular complexity index is 322. The fourth-order valence-electron chi connectivity index (χ4n) is 1.67. The van der Waals surface area contributed by atoms with E-state index in [2.05, 4.69) is 12.0 Å². The second-order valence-corrected chi connectivity index (χ2v) is 4.08. The van der Waals surface area contributed by atoms with Crippen LogP contribution >= 0.6 is 0 Å². The monoisotopic (exact) mass is 228 g/mol. The number of nitrogens with two attached hydrogens (primary N) is 2. The largest absolute Gasteiger partial charge is 0.392 e. The van der Waals surface area contributed by atoms with Crippen LogP contribution in [0.25, 0.3) is 0 Å². The van der Waals surface area contributed by atoms with Crippen LogP contribution in [0.5, 0.6) is 0 Å². The van der Waals surface area contributed by atoms with Gasteiger partial charge < -0.3 is 11.5 Å². The third kappa shape index (κ3) is 3.40. The third-order valence-corrected chi connectivity index (χ3v) is 2.71. The first kappa shape index (κ1) is 12.8. The Morgan fingerprint density at radius 3 is 2.31 bits per heavy atom. The zero-order valence-corrected chi connectivity index (χ0v) is 9.88. The highest BCUT2D eigenvalue weighted by molar-refractivity contribution is 5.57. The molecule has 5 heteroatoms. The van der Waals surface area contributed by atoms with E-state index < -0.39 is 5.95 Å². The van der Waals surface area contributed by atoms with Crippen LogP contribution in [0.4, 0.5) is 15.9 Å². The van der Waals surface area contributed by atoms with Crippen molar-refractivity contribution in [3.63, 3.8) is 0 Å². The van der Waals surface area contributed by atoms with Crippen LogP contribution in [0.3, 0.4) is 0 Å². The molecular formula is C11H21FN4. The van der Waals surface area contributed by atoms with Gasteiger partial charge in [0.15, 0.2) is 0 Å². The lowest BCUT2D eigenvalue weighted by Crippen LogP contribution is -2.05. The maximum atomic E-state index is 12.9. The predicted molar refractivity (Wildman–Crippen MR) is 64.4 cm³/mol. The van der Waals surface area contributed by atoms with E-state index in [1.54, 1.807) is 0 Å². The molecule has 0 bridgehead atoms. The summed E-state index contributed by atoms with van der Waals surface area (Å²) in [6, 6.07) is 0. The van der Waals surface area contributed by atoms with Crippen molar-refractivity contribution >= 4 is 11.5 Å². The topological polar surface area (TPSA) is 69.9 Å². The number of aryl methyl sites for hydroxylation is 1. The minimum Gasteiger partial charge on any atom is -0.392 e. The standard InChI is InChI=1S/C11H21FN4/c1-2-3-4-5-6-7-8-16-11(14)9(13)10(12)15-16/h2-8,13-14H2,1H3. The molecule has 0 aromatic carbocycles. The molecule has 0 spiro atoms. The van der Waals surface area contributed by atoms with Gasteiger partial charge in [0, 0.05) is 6.54 Å². The summed E-state index contributed by atoms with van der Waals surface area (Å²) in [6.45, 7) is 2.84. The smallest absolute Gasteiger partial charge is 0.257 e. The number of unbranched alkanes of at least 4 members (excludes halogenated alkanes) is 5. The number of halogens is 1. The highest BCUT2D eigenvalue weighted by atomic mass is 19.1. The van der Waals surface area contributed by atoms with E-state index in [9.17, 15) is 4.39 Å². The molecule has 0 aliphatic carbocycles. The molecule has 0 saturated heterocycles. The molecule has 1 aromatic rings. The summed E-state index contributed by atoms with van der Waals surface area (Å²) in [6.07, 6.45) is 7.10. The molecule has 1 rings (SSSR count).